The van der Waals surface area contributed by atoms with Crippen LogP contribution in [0.25, 0.3) is 65.7 Å². The molecule has 0 saturated heterocycles. The summed E-state index contributed by atoms with van der Waals surface area (Å²) in [4.78, 5) is 40.2. The molecule has 6 atom stereocenters. The van der Waals surface area contributed by atoms with Gasteiger partial charge in [-0.05, 0) is 150 Å². The number of benzene rings is 8. The van der Waals surface area contributed by atoms with Crippen molar-refractivity contribution in [2.45, 2.75) is 117 Å². The topological polar surface area (TPSA) is 165 Å². The molecule has 11 nitrogen and oxygen atoms in total. The molecule has 2 aliphatic heterocycles. The summed E-state index contributed by atoms with van der Waals surface area (Å²) in [7, 11) is -1.41. The molecule has 14 rings (SSSR count). The number of ketones is 1. The fourth-order valence-corrected chi connectivity index (χ4v) is 13.3. The van der Waals surface area contributed by atoms with Crippen molar-refractivity contribution in [1.29, 1.82) is 0 Å². The zero-order chi connectivity index (χ0) is 58.2. The summed E-state index contributed by atoms with van der Waals surface area (Å²) in [6.45, 7) is 16.5. The number of rotatable bonds is 2. The fourth-order valence-electron chi connectivity index (χ4n) is 13.0. The van der Waals surface area contributed by atoms with E-state index in [-0.39, 0.29) is 17.0 Å². The molecule has 0 radical (unpaired) electrons. The Hall–Kier alpha value is -7.22. The van der Waals surface area contributed by atoms with E-state index in [4.69, 9.17) is 72.6 Å². The quantitative estimate of drug-likeness (QED) is 0.0653. The van der Waals surface area contributed by atoms with E-state index in [1.54, 1.807) is 48.5 Å². The first-order valence-electron chi connectivity index (χ1n) is 28.4. The molecular formula is C68H69BCl2N4O7. The largest absolute Gasteiger partial charge is 0.488 e. The van der Waals surface area contributed by atoms with E-state index in [9.17, 15) is 4.79 Å². The first-order chi connectivity index (χ1) is 39.2. The van der Waals surface area contributed by atoms with Crippen LogP contribution < -0.4 is 14.9 Å². The summed E-state index contributed by atoms with van der Waals surface area (Å²) in [6, 6.07) is 46.7. The van der Waals surface area contributed by atoms with E-state index < -0.39 is 13.1 Å². The summed E-state index contributed by atoms with van der Waals surface area (Å²) in [5.74, 6) is 4.75. The fraction of sp³-hybridized carbons (Fsp3) is 0.324. The van der Waals surface area contributed by atoms with Gasteiger partial charge in [-0.3, -0.25) is 9.59 Å². The Labute approximate surface area is 489 Å². The molecule has 10 aromatic rings. The van der Waals surface area contributed by atoms with Crippen molar-refractivity contribution in [3.8, 4) is 11.5 Å². The minimum atomic E-state index is -1.41. The predicted octanol–water partition coefficient (Wildman–Crippen LogP) is 15.9. The van der Waals surface area contributed by atoms with Gasteiger partial charge in [0.05, 0.1) is 44.1 Å². The molecule has 2 aliphatic carbocycles. The molecule has 4 aliphatic rings. The van der Waals surface area contributed by atoms with Gasteiger partial charge >= 0.3 is 7.12 Å². The summed E-state index contributed by atoms with van der Waals surface area (Å²) in [6.07, 6.45) is 7.40. The summed E-state index contributed by atoms with van der Waals surface area (Å²) < 4.78 is 13.6. The molecule has 3 N–H and O–H groups in total. The zero-order valence-electron chi connectivity index (χ0n) is 47.7. The molecule has 2 aromatic heterocycles. The van der Waals surface area contributed by atoms with Gasteiger partial charge in [0.15, 0.2) is 5.78 Å². The number of para-hydroxylation sites is 4. The van der Waals surface area contributed by atoms with Crippen molar-refractivity contribution in [2.75, 3.05) is 0 Å². The van der Waals surface area contributed by atoms with Crippen LogP contribution in [0.15, 0.2) is 146 Å². The predicted molar refractivity (Wildman–Crippen MR) is 333 cm³/mol. The number of Topliss-reactive ketones (excluding diaryl/α,β-unsaturated/α-hetero) is 1. The van der Waals surface area contributed by atoms with Gasteiger partial charge < -0.3 is 24.6 Å². The summed E-state index contributed by atoms with van der Waals surface area (Å²) >= 11 is 11.2. The average molecular weight is 1140 g/mol. The Morgan fingerprint density at radius 2 is 0.829 bits per heavy atom. The number of carboxylic acids is 1. The Kier molecular flexibility index (Phi) is 16.9. The van der Waals surface area contributed by atoms with Gasteiger partial charge in [0, 0.05) is 67.0 Å². The number of hydrogen-bond donors (Lipinski definition) is 3. The number of aromatic nitrogens is 4. The van der Waals surface area contributed by atoms with Crippen molar-refractivity contribution in [1.82, 2.24) is 19.9 Å². The Balaban J connectivity index is 0.000000132. The van der Waals surface area contributed by atoms with Crippen molar-refractivity contribution in [3.05, 3.63) is 172 Å². The van der Waals surface area contributed by atoms with Gasteiger partial charge in [-0.1, -0.05) is 135 Å². The molecule has 420 valence electrons. The molecule has 4 heterocycles. The second kappa shape index (κ2) is 23.9. The van der Waals surface area contributed by atoms with Crippen molar-refractivity contribution >= 4 is 113 Å². The summed E-state index contributed by atoms with van der Waals surface area (Å²) in [5.41, 5.74) is 11.3. The van der Waals surface area contributed by atoms with Gasteiger partial charge in [0.25, 0.3) is 5.97 Å². The number of fused-ring (bicyclic) bond motifs is 18. The van der Waals surface area contributed by atoms with E-state index in [1.165, 1.54) is 67.3 Å². The van der Waals surface area contributed by atoms with Crippen molar-refractivity contribution in [2.24, 2.45) is 23.7 Å². The highest BCUT2D eigenvalue weighted by atomic mass is 35.5. The number of hydrogen-bond acceptors (Lipinski definition) is 10. The summed E-state index contributed by atoms with van der Waals surface area (Å²) in [5, 5.41) is 30.5. The maximum absolute atomic E-state index is 10.7. The van der Waals surface area contributed by atoms with E-state index in [1.807, 2.05) is 24.3 Å². The first kappa shape index (κ1) is 58.0. The lowest BCUT2D eigenvalue weighted by Gasteiger charge is -2.49. The van der Waals surface area contributed by atoms with E-state index >= 15 is 0 Å². The smallest absolute Gasteiger partial charge is 0.487 e. The van der Waals surface area contributed by atoms with E-state index in [0.717, 1.165) is 85.2 Å². The van der Waals surface area contributed by atoms with Crippen molar-refractivity contribution in [3.63, 3.8) is 0 Å². The molecule has 8 aromatic carbocycles. The van der Waals surface area contributed by atoms with Gasteiger partial charge in [0.2, 0.25) is 0 Å². The number of carbonyl (C=O) groups is 2. The van der Waals surface area contributed by atoms with E-state index in [2.05, 4.69) is 114 Å². The SMILES string of the molecule is CC(=O)O.CC(=O)c1ccc(Cl)cc1.C[C@H]1CC[C@H]2[C@H](C1)c1c(c3ccccc3c3nc4ccccc4nc13)OC2(C)C.C[C@H]1CC[C@H]2[C@H](C1)c1c(c3ccccc3c3nc4ccccc4nc13)OC2(C)C.OB(O)c1ccc(Cl)cc1. The number of carbonyl (C=O) groups excluding carboxylic acids is 1. The highest BCUT2D eigenvalue weighted by Gasteiger charge is 2.49. The van der Waals surface area contributed by atoms with Crippen LogP contribution in [0.5, 0.6) is 11.5 Å². The van der Waals surface area contributed by atoms with E-state index in [0.29, 0.717) is 44.7 Å². The van der Waals surface area contributed by atoms with Crippen molar-refractivity contribution < 1.29 is 34.2 Å². The maximum Gasteiger partial charge on any atom is 0.488 e. The Morgan fingerprint density at radius 1 is 0.500 bits per heavy atom. The van der Waals surface area contributed by atoms with Crippen LogP contribution >= 0.6 is 23.2 Å². The maximum atomic E-state index is 10.7. The molecule has 2 fully saturated rings. The Morgan fingerprint density at radius 3 is 1.18 bits per heavy atom. The molecule has 14 heteroatoms. The minimum absolute atomic E-state index is 0.0664. The number of halogens is 2. The lowest BCUT2D eigenvalue weighted by Crippen LogP contribution is -2.46. The molecule has 0 amide bonds. The van der Waals surface area contributed by atoms with Gasteiger partial charge in [-0.15, -0.1) is 0 Å². The first-order valence-corrected chi connectivity index (χ1v) is 29.1. The third-order valence-corrected chi connectivity index (χ3v) is 17.4. The highest BCUT2D eigenvalue weighted by molar-refractivity contribution is 6.58. The number of carboxylic acid groups (broad SMARTS) is 1. The standard InChI is InChI=1S/2C26H26N2O.C8H7ClO.C6H6BClO2.C2H4O2/c2*1-15-12-13-19-18(14-15)22-24-23(27-20-10-6-7-11-21(20)28-24)16-8-4-5-9-17(16)25(22)29-26(19,2)3;1-6(10)7-2-4-8(9)5-3-7;8-6-3-1-5(2-4-6)7(9)10;1-2(3)4/h2*4-11,15,18-19H,12-14H2,1-3H3;2-5H,1H3;1-4,9-10H;1H3,(H,3,4)/t2*15-,18-,19-;;;/m00.../s1. The van der Waals surface area contributed by atoms with Crippen LogP contribution in [0.2, 0.25) is 10.0 Å². The van der Waals surface area contributed by atoms with Crippen LogP contribution in [-0.2, 0) is 4.79 Å². The lowest BCUT2D eigenvalue weighted by molar-refractivity contribution is -0.134. The van der Waals surface area contributed by atoms with Gasteiger partial charge in [0.1, 0.15) is 22.7 Å². The minimum Gasteiger partial charge on any atom is -0.487 e. The van der Waals surface area contributed by atoms with Gasteiger partial charge in [-0.25, -0.2) is 19.9 Å². The van der Waals surface area contributed by atoms with Gasteiger partial charge in [-0.2, -0.15) is 0 Å². The third kappa shape index (κ3) is 12.0. The second-order valence-electron chi connectivity index (χ2n) is 23.6. The lowest BCUT2D eigenvalue weighted by atomic mass is 9.64. The molecule has 0 bridgehead atoms. The molecular weight excluding hydrogens is 1070 g/mol. The number of nitrogens with zero attached hydrogens (tertiary/aromatic N) is 4. The highest BCUT2D eigenvalue weighted by Crippen LogP contribution is 2.58. The molecule has 82 heavy (non-hydrogen) atoms. The normalized spacial score (nSPS) is 20.7. The third-order valence-electron chi connectivity index (χ3n) is 16.9. The van der Waals surface area contributed by atoms with Crippen LogP contribution in [-0.4, -0.2) is 65.2 Å². The molecule has 0 spiro atoms. The monoisotopic (exact) mass is 1130 g/mol. The van der Waals surface area contributed by atoms with Crippen LogP contribution in [0, 0.1) is 23.7 Å². The second-order valence-corrected chi connectivity index (χ2v) is 24.4. The van der Waals surface area contributed by atoms with Crippen LogP contribution in [0.1, 0.15) is 127 Å². The van der Waals surface area contributed by atoms with Crippen LogP contribution in [0.3, 0.4) is 0 Å². The molecule has 2 saturated carbocycles. The average Bonchev–Trinajstić information content (AvgIpc) is 1.66. The zero-order valence-corrected chi connectivity index (χ0v) is 49.2. The Bertz CT molecular complexity index is 3800. The number of ether oxygens (including phenoxy) is 2. The number of aliphatic carboxylic acids is 1. The van der Waals surface area contributed by atoms with Crippen LogP contribution in [0.4, 0.5) is 0 Å². The molecule has 0 unspecified atom stereocenters.